The Hall–Kier alpha value is -0.417. The van der Waals surface area contributed by atoms with Crippen LogP contribution in [0.15, 0.2) is 30.3 Å². The first-order valence-electron chi connectivity index (χ1n) is 8.71. The van der Waals surface area contributed by atoms with Crippen molar-refractivity contribution in [3.8, 4) is 0 Å². The van der Waals surface area contributed by atoms with E-state index in [9.17, 15) is 0 Å². The van der Waals surface area contributed by atoms with Crippen LogP contribution in [0.3, 0.4) is 0 Å². The molecule has 0 atom stereocenters. The number of aryl methyl sites for hydroxylation is 3. The van der Waals surface area contributed by atoms with Crippen molar-refractivity contribution in [2.24, 2.45) is 0 Å². The minimum absolute atomic E-state index is 0. The Labute approximate surface area is 171 Å². The predicted octanol–water partition coefficient (Wildman–Crippen LogP) is 6.91. The molecule has 2 aromatic rings. The molecule has 2 aromatic carbocycles. The summed E-state index contributed by atoms with van der Waals surface area (Å²) in [6.45, 7) is 11.3. The molecule has 0 amide bonds. The zero-order valence-corrected chi connectivity index (χ0v) is 19.6. The van der Waals surface area contributed by atoms with Gasteiger partial charge < -0.3 is 14.9 Å². The van der Waals surface area contributed by atoms with E-state index < -0.39 is 0 Å². The standard InChI is InChI=1S/C13H21.C8H11.2CH3.Zr/c1-5-10-9-11(6-2)13(8-4)12(10)7-3;1-2-5-8-6-3-4-7-8;;;/h9H,5-8H2,1-4H3;3-4,6-7H,2,5H2,1H3;2*1H3;/q4*-1;+4. The summed E-state index contributed by atoms with van der Waals surface area (Å²) in [4.78, 5) is 0. The van der Waals surface area contributed by atoms with Gasteiger partial charge in [0.1, 0.15) is 0 Å². The Balaban J connectivity index is -0.000000353. The molecule has 0 aromatic heterocycles. The van der Waals surface area contributed by atoms with Crippen molar-refractivity contribution in [2.75, 3.05) is 0 Å². The predicted molar refractivity (Wildman–Crippen MR) is 108 cm³/mol. The monoisotopic (exact) mass is 404 g/mol. The van der Waals surface area contributed by atoms with Gasteiger partial charge in [0.25, 0.3) is 0 Å². The fourth-order valence-corrected chi connectivity index (χ4v) is 3.15. The SMILES string of the molecule is CCC[c-]1cccc1.CCc1c[c-](CC)c(CC)c1CC.[CH3-].[CH3-].[Zr+4]. The Morgan fingerprint density at radius 1 is 0.833 bits per heavy atom. The van der Waals surface area contributed by atoms with Gasteiger partial charge in [-0.2, -0.15) is 46.0 Å². The Bertz CT molecular complexity index is 462. The van der Waals surface area contributed by atoms with E-state index in [-0.39, 0.29) is 41.1 Å². The normalized spacial score (nSPS) is 9.04. The second-order valence-electron chi connectivity index (χ2n) is 5.61. The molecule has 0 N–H and O–H groups in total. The largest absolute Gasteiger partial charge is 4.00 e. The molecule has 2 rings (SSSR count). The Kier molecular flexibility index (Phi) is 19.0. The van der Waals surface area contributed by atoms with Gasteiger partial charge in [0.2, 0.25) is 0 Å². The van der Waals surface area contributed by atoms with Crippen LogP contribution in [0.25, 0.3) is 0 Å². The van der Waals surface area contributed by atoms with Crippen LogP contribution in [0.1, 0.15) is 68.9 Å². The van der Waals surface area contributed by atoms with Crippen LogP contribution >= 0.6 is 0 Å². The fraction of sp³-hybridized carbons (Fsp3) is 0.478. The van der Waals surface area contributed by atoms with Crippen molar-refractivity contribution >= 4 is 0 Å². The topological polar surface area (TPSA) is 0 Å². The summed E-state index contributed by atoms with van der Waals surface area (Å²) in [5.41, 5.74) is 7.88. The van der Waals surface area contributed by atoms with Crippen LogP contribution in [0, 0.1) is 14.9 Å². The average Bonchev–Trinajstić information content (AvgIpc) is 3.14. The van der Waals surface area contributed by atoms with Crippen LogP contribution in [0.5, 0.6) is 0 Å². The molecule has 0 fully saturated rings. The molecule has 0 heterocycles. The van der Waals surface area contributed by atoms with Crippen LogP contribution in [-0.4, -0.2) is 0 Å². The molecule has 0 bridgehead atoms. The van der Waals surface area contributed by atoms with Crippen LogP contribution in [0.2, 0.25) is 0 Å². The van der Waals surface area contributed by atoms with Crippen LogP contribution < -0.4 is 0 Å². The molecule has 0 unspecified atom stereocenters. The minimum Gasteiger partial charge on any atom is -0.358 e. The second kappa shape index (κ2) is 16.1. The van der Waals surface area contributed by atoms with Gasteiger partial charge in [-0.05, 0) is 0 Å². The Morgan fingerprint density at radius 3 is 1.79 bits per heavy atom. The van der Waals surface area contributed by atoms with E-state index in [1.807, 2.05) is 0 Å². The first-order valence-corrected chi connectivity index (χ1v) is 8.71. The van der Waals surface area contributed by atoms with E-state index >= 15 is 0 Å². The van der Waals surface area contributed by atoms with Crippen molar-refractivity contribution in [3.05, 3.63) is 73.0 Å². The van der Waals surface area contributed by atoms with E-state index in [1.54, 1.807) is 22.3 Å². The van der Waals surface area contributed by atoms with E-state index in [4.69, 9.17) is 0 Å². The molecule has 0 aliphatic heterocycles. The van der Waals surface area contributed by atoms with Crippen molar-refractivity contribution in [1.82, 2.24) is 0 Å². The summed E-state index contributed by atoms with van der Waals surface area (Å²) in [5, 5.41) is 0. The third kappa shape index (κ3) is 8.11. The zero-order valence-electron chi connectivity index (χ0n) is 17.1. The summed E-state index contributed by atoms with van der Waals surface area (Å²) in [6.07, 6.45) is 7.27. The van der Waals surface area contributed by atoms with Gasteiger partial charge >= 0.3 is 26.2 Å². The molecule has 0 saturated heterocycles. The number of hydrogen-bond acceptors (Lipinski definition) is 0. The van der Waals surface area contributed by atoms with E-state index in [0.29, 0.717) is 0 Å². The molecule has 1 heteroatoms. The van der Waals surface area contributed by atoms with Crippen molar-refractivity contribution in [2.45, 2.75) is 73.1 Å². The molecule has 0 aliphatic carbocycles. The van der Waals surface area contributed by atoms with Crippen LogP contribution in [-0.2, 0) is 58.3 Å². The summed E-state index contributed by atoms with van der Waals surface area (Å²) >= 11 is 0. The van der Waals surface area contributed by atoms with E-state index in [0.717, 1.165) is 0 Å². The van der Waals surface area contributed by atoms with E-state index in [1.165, 1.54) is 44.1 Å². The molecule has 0 aliphatic rings. The minimum atomic E-state index is 0. The first kappa shape index (κ1) is 28.4. The molecule has 0 radical (unpaired) electrons. The van der Waals surface area contributed by atoms with E-state index in [2.05, 4.69) is 65.0 Å². The number of rotatable bonds is 6. The van der Waals surface area contributed by atoms with Crippen molar-refractivity contribution < 1.29 is 26.2 Å². The van der Waals surface area contributed by atoms with Gasteiger partial charge in [0, 0.05) is 0 Å². The summed E-state index contributed by atoms with van der Waals surface area (Å²) in [7, 11) is 0. The van der Waals surface area contributed by atoms with Crippen LogP contribution in [0.4, 0.5) is 0 Å². The molecule has 134 valence electrons. The summed E-state index contributed by atoms with van der Waals surface area (Å²) in [5.74, 6) is 0. The average molecular weight is 406 g/mol. The zero-order chi connectivity index (χ0) is 15.7. The molecule has 0 nitrogen and oxygen atoms in total. The van der Waals surface area contributed by atoms with Crippen molar-refractivity contribution in [3.63, 3.8) is 0 Å². The van der Waals surface area contributed by atoms with Gasteiger partial charge in [-0.1, -0.05) is 73.1 Å². The third-order valence-corrected chi connectivity index (χ3v) is 4.23. The molecular formula is C23H38Zr. The van der Waals surface area contributed by atoms with Gasteiger partial charge in [-0.15, -0.1) is 0 Å². The van der Waals surface area contributed by atoms with Gasteiger partial charge in [-0.25, -0.2) is 12.1 Å². The maximum Gasteiger partial charge on any atom is 4.00 e. The third-order valence-electron chi connectivity index (χ3n) is 4.23. The first-order chi connectivity index (χ1) is 10.2. The molecule has 24 heavy (non-hydrogen) atoms. The maximum atomic E-state index is 2.41. The molecule has 0 spiro atoms. The van der Waals surface area contributed by atoms with Crippen molar-refractivity contribution in [1.29, 1.82) is 0 Å². The second-order valence-corrected chi connectivity index (χ2v) is 5.61. The quantitative estimate of drug-likeness (QED) is 0.458. The maximum absolute atomic E-state index is 2.41. The molecular weight excluding hydrogens is 367 g/mol. The fourth-order valence-electron chi connectivity index (χ4n) is 3.15. The van der Waals surface area contributed by atoms with Gasteiger partial charge in [0.05, 0.1) is 0 Å². The summed E-state index contributed by atoms with van der Waals surface area (Å²) < 4.78 is 0. The number of hydrogen-bond donors (Lipinski definition) is 0. The smallest absolute Gasteiger partial charge is 0.358 e. The van der Waals surface area contributed by atoms with Gasteiger partial charge in [0.15, 0.2) is 0 Å². The Morgan fingerprint density at radius 2 is 1.42 bits per heavy atom. The molecule has 0 saturated carbocycles. The summed E-state index contributed by atoms with van der Waals surface area (Å²) in [6, 6.07) is 10.9. The van der Waals surface area contributed by atoms with Gasteiger partial charge in [-0.3, -0.25) is 0 Å².